The molecule has 2 N–H and O–H groups in total. The zero-order valence-corrected chi connectivity index (χ0v) is 16.9. The van der Waals surface area contributed by atoms with E-state index in [4.69, 9.17) is 4.42 Å². The highest BCUT2D eigenvalue weighted by Crippen LogP contribution is 2.42. The molecule has 1 aliphatic rings. The summed E-state index contributed by atoms with van der Waals surface area (Å²) in [4.78, 5) is 24.8. The molecule has 0 saturated carbocycles. The lowest BCUT2D eigenvalue weighted by Gasteiger charge is -2.35. The fourth-order valence-electron chi connectivity index (χ4n) is 3.67. The first-order valence-electron chi connectivity index (χ1n) is 9.67. The maximum absolute atomic E-state index is 12.7. The number of carbonyl (C=O) groups excluding carboxylic acids is 2. The van der Waals surface area contributed by atoms with Gasteiger partial charge in [-0.05, 0) is 43.4 Å². The fourth-order valence-corrected chi connectivity index (χ4v) is 3.67. The predicted molar refractivity (Wildman–Crippen MR) is 110 cm³/mol. The first-order valence-corrected chi connectivity index (χ1v) is 9.67. The molecule has 0 aliphatic heterocycles. The van der Waals surface area contributed by atoms with Crippen LogP contribution in [0, 0.1) is 12.3 Å². The van der Waals surface area contributed by atoms with E-state index in [9.17, 15) is 9.59 Å². The van der Waals surface area contributed by atoms with Crippen LogP contribution in [0.1, 0.15) is 55.9 Å². The summed E-state index contributed by atoms with van der Waals surface area (Å²) in [5, 5.41) is 5.81. The second-order valence-electron chi connectivity index (χ2n) is 8.32. The lowest BCUT2D eigenvalue weighted by molar-refractivity contribution is -0.127. The highest BCUT2D eigenvalue weighted by Gasteiger charge is 2.36. The highest BCUT2D eigenvalue weighted by atomic mass is 16.3. The normalized spacial score (nSPS) is 19.1. The molecule has 1 aliphatic carbocycles. The number of furan rings is 1. The molecule has 0 spiro atoms. The van der Waals surface area contributed by atoms with Crippen molar-refractivity contribution in [2.45, 2.75) is 52.6 Å². The van der Waals surface area contributed by atoms with Gasteiger partial charge in [-0.15, -0.1) is 0 Å². The van der Waals surface area contributed by atoms with Crippen molar-refractivity contribution in [2.24, 2.45) is 5.41 Å². The van der Waals surface area contributed by atoms with Gasteiger partial charge >= 0.3 is 0 Å². The Morgan fingerprint density at radius 3 is 2.68 bits per heavy atom. The number of hydrogen-bond donors (Lipinski definition) is 2. The van der Waals surface area contributed by atoms with Crippen molar-refractivity contribution in [3.8, 4) is 0 Å². The molecule has 28 heavy (non-hydrogen) atoms. The van der Waals surface area contributed by atoms with Gasteiger partial charge < -0.3 is 15.1 Å². The van der Waals surface area contributed by atoms with Gasteiger partial charge in [0.25, 0.3) is 0 Å². The SMILES string of the molecule is Cc1cc2c(o1)CC(C)(C)CC2NC(=O)C(C)NC(=O)C=Cc1ccccc1. The Balaban J connectivity index is 1.61. The smallest absolute Gasteiger partial charge is 0.244 e. The van der Waals surface area contributed by atoms with Gasteiger partial charge in [-0.25, -0.2) is 0 Å². The van der Waals surface area contributed by atoms with Gasteiger partial charge in [0, 0.05) is 18.1 Å². The number of carbonyl (C=O) groups is 2. The molecule has 0 bridgehead atoms. The molecule has 0 saturated heterocycles. The summed E-state index contributed by atoms with van der Waals surface area (Å²) in [5.74, 6) is 1.31. The monoisotopic (exact) mass is 380 g/mol. The summed E-state index contributed by atoms with van der Waals surface area (Å²) < 4.78 is 5.82. The van der Waals surface area contributed by atoms with E-state index in [1.165, 1.54) is 6.08 Å². The summed E-state index contributed by atoms with van der Waals surface area (Å²) in [5.41, 5.74) is 2.02. The Morgan fingerprint density at radius 2 is 1.96 bits per heavy atom. The maximum Gasteiger partial charge on any atom is 0.244 e. The minimum absolute atomic E-state index is 0.0418. The number of aryl methyl sites for hydroxylation is 1. The Labute approximate surface area is 166 Å². The largest absolute Gasteiger partial charge is 0.466 e. The quantitative estimate of drug-likeness (QED) is 0.772. The number of amides is 2. The molecule has 5 nitrogen and oxygen atoms in total. The van der Waals surface area contributed by atoms with Crippen LogP contribution >= 0.6 is 0 Å². The minimum Gasteiger partial charge on any atom is -0.466 e. The first-order chi connectivity index (χ1) is 13.2. The molecule has 5 heteroatoms. The van der Waals surface area contributed by atoms with Gasteiger partial charge in [0.1, 0.15) is 17.6 Å². The summed E-state index contributed by atoms with van der Waals surface area (Å²) in [7, 11) is 0. The number of benzene rings is 1. The van der Waals surface area contributed by atoms with E-state index in [1.54, 1.807) is 13.0 Å². The fraction of sp³-hybridized carbons (Fsp3) is 0.391. The van der Waals surface area contributed by atoms with Crippen LogP contribution in [0.25, 0.3) is 6.08 Å². The third kappa shape index (κ3) is 4.91. The highest BCUT2D eigenvalue weighted by molar-refractivity contribution is 5.95. The second-order valence-corrected chi connectivity index (χ2v) is 8.32. The van der Waals surface area contributed by atoms with E-state index in [-0.39, 0.29) is 23.3 Å². The van der Waals surface area contributed by atoms with Crippen molar-refractivity contribution < 1.29 is 14.0 Å². The molecular weight excluding hydrogens is 352 g/mol. The zero-order valence-electron chi connectivity index (χ0n) is 16.9. The molecule has 0 radical (unpaired) electrons. The van der Waals surface area contributed by atoms with Crippen molar-refractivity contribution >= 4 is 17.9 Å². The number of rotatable bonds is 5. The van der Waals surface area contributed by atoms with Crippen LogP contribution in [-0.2, 0) is 16.0 Å². The van der Waals surface area contributed by atoms with E-state index in [0.29, 0.717) is 0 Å². The Morgan fingerprint density at radius 1 is 1.25 bits per heavy atom. The maximum atomic E-state index is 12.7. The average molecular weight is 380 g/mol. The predicted octanol–water partition coefficient (Wildman–Crippen LogP) is 3.94. The standard InChI is InChI=1S/C23H28N2O3/c1-15-12-18-19(13-23(3,4)14-20(18)28-15)25-22(27)16(2)24-21(26)11-10-17-8-6-5-7-9-17/h5-12,16,19H,13-14H2,1-4H3,(H,24,26)(H,25,27). The van der Waals surface area contributed by atoms with Gasteiger partial charge in [-0.3, -0.25) is 9.59 Å². The van der Waals surface area contributed by atoms with Crippen LogP contribution in [0.15, 0.2) is 46.9 Å². The average Bonchev–Trinajstić information content (AvgIpc) is 2.99. The Kier molecular flexibility index (Phi) is 5.73. The van der Waals surface area contributed by atoms with Crippen LogP contribution < -0.4 is 10.6 Å². The third-order valence-electron chi connectivity index (χ3n) is 5.03. The molecule has 2 amide bonds. The van der Waals surface area contributed by atoms with E-state index in [2.05, 4.69) is 24.5 Å². The van der Waals surface area contributed by atoms with Crippen LogP contribution in [0.2, 0.25) is 0 Å². The lowest BCUT2D eigenvalue weighted by Crippen LogP contribution is -2.46. The zero-order chi connectivity index (χ0) is 20.3. The molecule has 1 aromatic heterocycles. The molecule has 148 valence electrons. The van der Waals surface area contributed by atoms with Crippen molar-refractivity contribution in [1.82, 2.24) is 10.6 Å². The molecule has 2 unspecified atom stereocenters. The number of nitrogens with one attached hydrogen (secondary N) is 2. The van der Waals surface area contributed by atoms with Gasteiger partial charge in [0.05, 0.1) is 6.04 Å². The van der Waals surface area contributed by atoms with Gasteiger partial charge in [0.15, 0.2) is 0 Å². The summed E-state index contributed by atoms with van der Waals surface area (Å²) in [6, 6.07) is 10.8. The van der Waals surface area contributed by atoms with Crippen LogP contribution in [0.5, 0.6) is 0 Å². The van der Waals surface area contributed by atoms with E-state index in [1.807, 2.05) is 43.3 Å². The minimum atomic E-state index is -0.630. The topological polar surface area (TPSA) is 71.3 Å². The van der Waals surface area contributed by atoms with Gasteiger partial charge in [-0.2, -0.15) is 0 Å². The Hall–Kier alpha value is -2.82. The van der Waals surface area contributed by atoms with Crippen molar-refractivity contribution in [3.63, 3.8) is 0 Å². The molecule has 3 rings (SSSR count). The number of fused-ring (bicyclic) bond motifs is 1. The molecule has 1 aromatic carbocycles. The molecule has 2 atom stereocenters. The molecule has 0 fully saturated rings. The van der Waals surface area contributed by atoms with Crippen molar-refractivity contribution in [2.75, 3.05) is 0 Å². The van der Waals surface area contributed by atoms with Crippen molar-refractivity contribution in [1.29, 1.82) is 0 Å². The summed E-state index contributed by atoms with van der Waals surface area (Å²) in [6.07, 6.45) is 4.86. The molecule has 2 aromatic rings. The Bertz CT molecular complexity index is 881. The summed E-state index contributed by atoms with van der Waals surface area (Å²) >= 11 is 0. The van der Waals surface area contributed by atoms with E-state index >= 15 is 0 Å². The lowest BCUT2D eigenvalue weighted by atomic mass is 9.74. The molecule has 1 heterocycles. The summed E-state index contributed by atoms with van der Waals surface area (Å²) in [6.45, 7) is 7.96. The van der Waals surface area contributed by atoms with Crippen LogP contribution in [0.3, 0.4) is 0 Å². The van der Waals surface area contributed by atoms with Crippen LogP contribution in [-0.4, -0.2) is 17.9 Å². The van der Waals surface area contributed by atoms with Gasteiger partial charge in [-0.1, -0.05) is 44.2 Å². The van der Waals surface area contributed by atoms with E-state index < -0.39 is 6.04 Å². The second kappa shape index (κ2) is 8.05. The van der Waals surface area contributed by atoms with Gasteiger partial charge in [0.2, 0.25) is 11.8 Å². The first kappa shape index (κ1) is 19.9. The molecular formula is C23H28N2O3. The number of hydrogen-bond acceptors (Lipinski definition) is 3. The third-order valence-corrected chi connectivity index (χ3v) is 5.03. The van der Waals surface area contributed by atoms with E-state index in [0.717, 1.165) is 35.5 Å². The van der Waals surface area contributed by atoms with Crippen LogP contribution in [0.4, 0.5) is 0 Å². The van der Waals surface area contributed by atoms with Crippen molar-refractivity contribution in [3.05, 3.63) is 65.1 Å².